The molecule has 1 heterocycles. The number of pyridine rings is 1. The number of ether oxygens (including phenoxy) is 1. The Morgan fingerprint density at radius 2 is 2.17 bits per heavy atom. The Morgan fingerprint density at radius 3 is 2.78 bits per heavy atom. The molecule has 0 bridgehead atoms. The van der Waals surface area contributed by atoms with Crippen LogP contribution >= 0.6 is 0 Å². The minimum atomic E-state index is -2.92. The van der Waals surface area contributed by atoms with Gasteiger partial charge < -0.3 is 10.1 Å². The predicted molar refractivity (Wildman–Crippen MR) is 71.4 cm³/mol. The topological polar surface area (TPSA) is 68.3 Å². The summed E-state index contributed by atoms with van der Waals surface area (Å²) in [6.07, 6.45) is 2.97. The van der Waals surface area contributed by atoms with E-state index in [9.17, 15) is 8.42 Å². The highest BCUT2D eigenvalue weighted by molar-refractivity contribution is 7.90. The van der Waals surface area contributed by atoms with Crippen molar-refractivity contribution in [3.63, 3.8) is 0 Å². The Labute approximate surface area is 108 Å². The normalized spacial score (nSPS) is 11.8. The highest BCUT2D eigenvalue weighted by atomic mass is 32.2. The van der Waals surface area contributed by atoms with Crippen molar-refractivity contribution in [2.24, 2.45) is 0 Å². The zero-order valence-electron chi connectivity index (χ0n) is 11.0. The van der Waals surface area contributed by atoms with Crippen molar-refractivity contribution in [1.29, 1.82) is 0 Å². The first kappa shape index (κ1) is 14.9. The van der Waals surface area contributed by atoms with Gasteiger partial charge in [-0.15, -0.1) is 0 Å². The van der Waals surface area contributed by atoms with Crippen molar-refractivity contribution in [3.8, 4) is 5.88 Å². The molecule has 0 spiro atoms. The monoisotopic (exact) mass is 272 g/mol. The number of rotatable bonds is 7. The van der Waals surface area contributed by atoms with E-state index in [4.69, 9.17) is 4.74 Å². The maximum Gasteiger partial charge on any atom is 0.218 e. The number of sulfone groups is 1. The highest BCUT2D eigenvalue weighted by Gasteiger charge is 2.07. The molecule has 1 N–H and O–H groups in total. The summed E-state index contributed by atoms with van der Waals surface area (Å²) in [7, 11) is -2.92. The Morgan fingerprint density at radius 1 is 1.44 bits per heavy atom. The molecule has 0 radical (unpaired) electrons. The molecule has 1 rings (SSSR count). The Balaban J connectivity index is 2.51. The second kappa shape index (κ2) is 6.70. The summed E-state index contributed by atoms with van der Waals surface area (Å²) < 4.78 is 27.5. The third kappa shape index (κ3) is 5.97. The number of nitrogens with one attached hydrogen (secondary N) is 1. The lowest BCUT2D eigenvalue weighted by atomic mass is 10.2. The van der Waals surface area contributed by atoms with Crippen LogP contribution in [0.15, 0.2) is 18.3 Å². The molecule has 0 atom stereocenters. The molecule has 0 saturated heterocycles. The molecule has 0 saturated carbocycles. The molecule has 18 heavy (non-hydrogen) atoms. The van der Waals surface area contributed by atoms with Gasteiger partial charge in [-0.25, -0.2) is 13.4 Å². The van der Waals surface area contributed by atoms with Gasteiger partial charge in [-0.3, -0.25) is 0 Å². The van der Waals surface area contributed by atoms with Crippen LogP contribution in [0.2, 0.25) is 0 Å². The van der Waals surface area contributed by atoms with Crippen molar-refractivity contribution in [1.82, 2.24) is 10.3 Å². The molecule has 0 aromatic carbocycles. The van der Waals surface area contributed by atoms with Gasteiger partial charge in [0.25, 0.3) is 0 Å². The predicted octanol–water partition coefficient (Wildman–Crippen LogP) is 1.00. The second-order valence-corrected chi connectivity index (χ2v) is 6.70. The standard InChI is InChI=1S/C12H20N2O3S/c1-10(2)17-12-11(5-4-6-14-12)9-13-7-8-18(3,15)16/h4-6,10,13H,7-9H2,1-3H3. The summed E-state index contributed by atoms with van der Waals surface area (Å²) in [6.45, 7) is 4.85. The molecular formula is C12H20N2O3S. The van der Waals surface area contributed by atoms with E-state index < -0.39 is 9.84 Å². The van der Waals surface area contributed by atoms with Crippen molar-refractivity contribution >= 4 is 9.84 Å². The van der Waals surface area contributed by atoms with Crippen molar-refractivity contribution in [3.05, 3.63) is 23.9 Å². The van der Waals surface area contributed by atoms with Gasteiger partial charge in [0, 0.05) is 31.1 Å². The van der Waals surface area contributed by atoms with E-state index in [1.807, 2.05) is 26.0 Å². The molecule has 0 aliphatic heterocycles. The van der Waals surface area contributed by atoms with Crippen LogP contribution in [0.1, 0.15) is 19.4 Å². The van der Waals surface area contributed by atoms with Crippen LogP contribution < -0.4 is 10.1 Å². The van der Waals surface area contributed by atoms with E-state index in [2.05, 4.69) is 10.3 Å². The first-order chi connectivity index (χ1) is 8.38. The SMILES string of the molecule is CC(C)Oc1ncccc1CNCCS(C)(=O)=O. The molecular weight excluding hydrogens is 252 g/mol. The van der Waals surface area contributed by atoms with Crippen LogP contribution in [0.25, 0.3) is 0 Å². The van der Waals surface area contributed by atoms with E-state index >= 15 is 0 Å². The lowest BCUT2D eigenvalue weighted by Gasteiger charge is -2.13. The Hall–Kier alpha value is -1.14. The fourth-order valence-electron chi connectivity index (χ4n) is 1.37. The minimum absolute atomic E-state index is 0.0645. The average Bonchev–Trinajstić information content (AvgIpc) is 2.24. The van der Waals surface area contributed by atoms with Crippen LogP contribution in [0.3, 0.4) is 0 Å². The zero-order chi connectivity index (χ0) is 13.6. The van der Waals surface area contributed by atoms with Gasteiger partial charge in [0.05, 0.1) is 11.9 Å². The summed E-state index contributed by atoms with van der Waals surface area (Å²) in [4.78, 5) is 4.17. The number of hydrogen-bond donors (Lipinski definition) is 1. The Kier molecular flexibility index (Phi) is 5.55. The van der Waals surface area contributed by atoms with Gasteiger partial charge >= 0.3 is 0 Å². The quantitative estimate of drug-likeness (QED) is 0.750. The highest BCUT2D eigenvalue weighted by Crippen LogP contribution is 2.15. The summed E-state index contributed by atoms with van der Waals surface area (Å²) in [5.41, 5.74) is 0.930. The fourth-order valence-corrected chi connectivity index (χ4v) is 1.88. The maximum atomic E-state index is 11.0. The lowest BCUT2D eigenvalue weighted by Crippen LogP contribution is -2.22. The maximum absolute atomic E-state index is 11.0. The van der Waals surface area contributed by atoms with E-state index in [1.165, 1.54) is 6.26 Å². The molecule has 102 valence electrons. The smallest absolute Gasteiger partial charge is 0.218 e. The van der Waals surface area contributed by atoms with Gasteiger partial charge in [-0.2, -0.15) is 0 Å². The summed E-state index contributed by atoms with van der Waals surface area (Å²) >= 11 is 0. The van der Waals surface area contributed by atoms with E-state index in [0.717, 1.165) is 5.56 Å². The zero-order valence-corrected chi connectivity index (χ0v) is 11.8. The first-order valence-corrected chi connectivity index (χ1v) is 7.93. The lowest BCUT2D eigenvalue weighted by molar-refractivity contribution is 0.229. The van der Waals surface area contributed by atoms with Gasteiger partial charge in [-0.1, -0.05) is 6.07 Å². The van der Waals surface area contributed by atoms with Gasteiger partial charge in [0.1, 0.15) is 9.84 Å². The van der Waals surface area contributed by atoms with Crippen LogP contribution in [-0.2, 0) is 16.4 Å². The molecule has 0 fully saturated rings. The van der Waals surface area contributed by atoms with Crippen LogP contribution in [-0.4, -0.2) is 38.1 Å². The van der Waals surface area contributed by atoms with Crippen LogP contribution in [0.5, 0.6) is 5.88 Å². The largest absolute Gasteiger partial charge is 0.475 e. The third-order valence-corrected chi connectivity index (χ3v) is 3.11. The van der Waals surface area contributed by atoms with Crippen LogP contribution in [0, 0.1) is 0 Å². The molecule has 1 aromatic heterocycles. The average molecular weight is 272 g/mol. The van der Waals surface area contributed by atoms with Gasteiger partial charge in [0.2, 0.25) is 5.88 Å². The summed E-state index contributed by atoms with van der Waals surface area (Å²) in [5.74, 6) is 0.729. The third-order valence-electron chi connectivity index (χ3n) is 2.16. The summed E-state index contributed by atoms with van der Waals surface area (Å²) in [6, 6.07) is 3.75. The number of hydrogen-bond acceptors (Lipinski definition) is 5. The van der Waals surface area contributed by atoms with E-state index in [1.54, 1.807) is 6.20 Å². The van der Waals surface area contributed by atoms with E-state index in [-0.39, 0.29) is 11.9 Å². The molecule has 5 nitrogen and oxygen atoms in total. The van der Waals surface area contributed by atoms with Crippen molar-refractivity contribution in [2.75, 3.05) is 18.6 Å². The fraction of sp³-hybridized carbons (Fsp3) is 0.583. The van der Waals surface area contributed by atoms with Crippen molar-refractivity contribution < 1.29 is 13.2 Å². The molecule has 0 aliphatic carbocycles. The molecule has 0 aliphatic rings. The summed E-state index contributed by atoms with van der Waals surface area (Å²) in [5, 5.41) is 3.07. The van der Waals surface area contributed by atoms with Crippen LogP contribution in [0.4, 0.5) is 0 Å². The second-order valence-electron chi connectivity index (χ2n) is 4.44. The molecule has 0 amide bonds. The van der Waals surface area contributed by atoms with Crippen molar-refractivity contribution in [2.45, 2.75) is 26.5 Å². The minimum Gasteiger partial charge on any atom is -0.475 e. The molecule has 1 aromatic rings. The molecule has 0 unspecified atom stereocenters. The Bertz CT molecular complexity index is 472. The first-order valence-electron chi connectivity index (χ1n) is 5.87. The number of nitrogens with zero attached hydrogens (tertiary/aromatic N) is 1. The van der Waals surface area contributed by atoms with Gasteiger partial charge in [-0.05, 0) is 19.9 Å². The number of aromatic nitrogens is 1. The van der Waals surface area contributed by atoms with Gasteiger partial charge in [0.15, 0.2) is 0 Å². The van der Waals surface area contributed by atoms with E-state index in [0.29, 0.717) is 19.0 Å². The molecule has 6 heteroatoms.